The Morgan fingerprint density at radius 2 is 1.74 bits per heavy atom. The molecular formula is C19H18FN3O3S. The van der Waals surface area contributed by atoms with Crippen LogP contribution >= 0.6 is 0 Å². The van der Waals surface area contributed by atoms with Crippen LogP contribution in [0.4, 0.5) is 4.39 Å². The molecule has 27 heavy (non-hydrogen) atoms. The van der Waals surface area contributed by atoms with Gasteiger partial charge in [-0.2, -0.15) is 0 Å². The van der Waals surface area contributed by atoms with Crippen LogP contribution in [0.5, 0.6) is 0 Å². The molecule has 0 saturated heterocycles. The van der Waals surface area contributed by atoms with Crippen molar-refractivity contribution >= 4 is 15.7 Å². The average molecular weight is 387 g/mol. The molecule has 1 atom stereocenters. The molecule has 1 aromatic heterocycles. The summed E-state index contributed by atoms with van der Waals surface area (Å²) >= 11 is 0. The highest BCUT2D eigenvalue weighted by atomic mass is 32.2. The van der Waals surface area contributed by atoms with E-state index in [1.807, 2.05) is 0 Å². The Kier molecular flexibility index (Phi) is 5.09. The molecule has 3 rings (SSSR count). The monoisotopic (exact) mass is 387 g/mol. The number of halogens is 1. The number of hydrogen-bond donors (Lipinski definition) is 1. The molecule has 0 spiro atoms. The quantitative estimate of drug-likeness (QED) is 0.729. The van der Waals surface area contributed by atoms with E-state index < -0.39 is 21.8 Å². The zero-order chi connectivity index (χ0) is 19.6. The SMILES string of the molecule is Cn1ccnc1[C@@H](NC(=O)c1ccc(S(C)(=O)=O)cc1)c1ccc(F)cc1. The lowest BCUT2D eigenvalue weighted by Gasteiger charge is -2.19. The number of carbonyl (C=O) groups excluding carboxylic acids is 1. The van der Waals surface area contributed by atoms with Crippen LogP contribution in [0.2, 0.25) is 0 Å². The molecule has 0 radical (unpaired) electrons. The second-order valence-electron chi connectivity index (χ2n) is 6.15. The molecule has 0 aliphatic heterocycles. The molecule has 3 aromatic rings. The van der Waals surface area contributed by atoms with Crippen molar-refractivity contribution in [2.75, 3.05) is 6.26 Å². The second kappa shape index (κ2) is 7.32. The topological polar surface area (TPSA) is 81.1 Å². The minimum Gasteiger partial charge on any atom is -0.338 e. The first kappa shape index (κ1) is 18.8. The Bertz CT molecular complexity index is 1060. The molecule has 1 heterocycles. The number of nitrogens with one attached hydrogen (secondary N) is 1. The first-order valence-electron chi connectivity index (χ1n) is 8.09. The smallest absolute Gasteiger partial charge is 0.252 e. The summed E-state index contributed by atoms with van der Waals surface area (Å²) in [6.07, 6.45) is 4.46. The van der Waals surface area contributed by atoms with Crippen LogP contribution in [0, 0.1) is 5.82 Å². The van der Waals surface area contributed by atoms with Crippen LogP contribution < -0.4 is 5.32 Å². The Hall–Kier alpha value is -3.00. The first-order valence-corrected chi connectivity index (χ1v) is 9.98. The summed E-state index contributed by atoms with van der Waals surface area (Å²) in [6.45, 7) is 0. The van der Waals surface area contributed by atoms with Gasteiger partial charge in [-0.05, 0) is 42.0 Å². The third-order valence-corrected chi connectivity index (χ3v) is 5.27. The number of aromatic nitrogens is 2. The van der Waals surface area contributed by atoms with Crippen molar-refractivity contribution in [2.45, 2.75) is 10.9 Å². The minimum atomic E-state index is -3.34. The van der Waals surface area contributed by atoms with Gasteiger partial charge in [0.15, 0.2) is 9.84 Å². The number of rotatable bonds is 5. The maximum Gasteiger partial charge on any atom is 0.252 e. The Morgan fingerprint density at radius 1 is 1.11 bits per heavy atom. The predicted octanol–water partition coefficient (Wildman–Crippen LogP) is 2.48. The molecular weight excluding hydrogens is 369 g/mol. The maximum absolute atomic E-state index is 13.3. The van der Waals surface area contributed by atoms with Gasteiger partial charge < -0.3 is 9.88 Å². The van der Waals surface area contributed by atoms with Crippen molar-refractivity contribution in [1.82, 2.24) is 14.9 Å². The molecule has 0 fully saturated rings. The number of carbonyl (C=O) groups is 1. The largest absolute Gasteiger partial charge is 0.338 e. The normalized spacial score (nSPS) is 12.6. The van der Waals surface area contributed by atoms with E-state index in [2.05, 4.69) is 10.3 Å². The highest BCUT2D eigenvalue weighted by Crippen LogP contribution is 2.22. The minimum absolute atomic E-state index is 0.137. The van der Waals surface area contributed by atoms with Crippen molar-refractivity contribution < 1.29 is 17.6 Å². The van der Waals surface area contributed by atoms with E-state index in [1.165, 1.54) is 36.4 Å². The number of imidazole rings is 1. The van der Waals surface area contributed by atoms with Gasteiger partial charge >= 0.3 is 0 Å². The fourth-order valence-electron chi connectivity index (χ4n) is 2.68. The molecule has 0 aliphatic rings. The maximum atomic E-state index is 13.3. The van der Waals surface area contributed by atoms with E-state index in [1.54, 1.807) is 36.1 Å². The molecule has 8 heteroatoms. The van der Waals surface area contributed by atoms with E-state index in [0.717, 1.165) is 6.26 Å². The average Bonchev–Trinajstić information content (AvgIpc) is 3.05. The van der Waals surface area contributed by atoms with Gasteiger partial charge in [-0.25, -0.2) is 17.8 Å². The van der Waals surface area contributed by atoms with Crippen molar-refractivity contribution in [3.63, 3.8) is 0 Å². The molecule has 2 aromatic carbocycles. The summed E-state index contributed by atoms with van der Waals surface area (Å²) in [4.78, 5) is 17.1. The van der Waals surface area contributed by atoms with Crippen LogP contribution in [0.1, 0.15) is 27.8 Å². The highest BCUT2D eigenvalue weighted by Gasteiger charge is 2.21. The zero-order valence-electron chi connectivity index (χ0n) is 14.8. The second-order valence-corrected chi connectivity index (χ2v) is 8.17. The summed E-state index contributed by atoms with van der Waals surface area (Å²) in [5, 5.41) is 2.88. The number of aryl methyl sites for hydroxylation is 1. The van der Waals surface area contributed by atoms with Gasteiger partial charge in [-0.3, -0.25) is 4.79 Å². The lowest BCUT2D eigenvalue weighted by Crippen LogP contribution is -2.31. The fraction of sp³-hybridized carbons (Fsp3) is 0.158. The molecule has 0 aliphatic carbocycles. The van der Waals surface area contributed by atoms with Gasteiger partial charge in [0.2, 0.25) is 0 Å². The lowest BCUT2D eigenvalue weighted by atomic mass is 10.1. The van der Waals surface area contributed by atoms with Crippen LogP contribution in [0.15, 0.2) is 65.8 Å². The van der Waals surface area contributed by atoms with Crippen molar-refractivity contribution in [3.05, 3.63) is 83.7 Å². The molecule has 6 nitrogen and oxygen atoms in total. The van der Waals surface area contributed by atoms with E-state index >= 15 is 0 Å². The predicted molar refractivity (Wildman–Crippen MR) is 98.5 cm³/mol. The number of benzene rings is 2. The van der Waals surface area contributed by atoms with E-state index in [4.69, 9.17) is 0 Å². The standard InChI is InChI=1S/C19H18FN3O3S/c1-23-12-11-21-18(23)17(13-3-7-15(20)8-4-13)22-19(24)14-5-9-16(10-6-14)27(2,25)26/h3-12,17H,1-2H3,(H,22,24)/t17-/m0/s1. The Morgan fingerprint density at radius 3 is 2.26 bits per heavy atom. The summed E-state index contributed by atoms with van der Waals surface area (Å²) < 4.78 is 38.2. The third kappa shape index (κ3) is 4.22. The summed E-state index contributed by atoms with van der Waals surface area (Å²) in [7, 11) is -1.54. The number of hydrogen-bond acceptors (Lipinski definition) is 4. The van der Waals surface area contributed by atoms with E-state index in [-0.39, 0.29) is 10.7 Å². The molecule has 1 N–H and O–H groups in total. The Labute approximate surface area is 156 Å². The first-order chi connectivity index (χ1) is 12.8. The fourth-order valence-corrected chi connectivity index (χ4v) is 3.31. The van der Waals surface area contributed by atoms with Crippen molar-refractivity contribution in [2.24, 2.45) is 7.05 Å². The van der Waals surface area contributed by atoms with Gasteiger partial charge in [-0.1, -0.05) is 12.1 Å². The van der Waals surface area contributed by atoms with Gasteiger partial charge in [-0.15, -0.1) is 0 Å². The number of sulfone groups is 1. The molecule has 0 saturated carbocycles. The third-order valence-electron chi connectivity index (χ3n) is 4.14. The molecule has 1 amide bonds. The van der Waals surface area contributed by atoms with Gasteiger partial charge in [0.25, 0.3) is 5.91 Å². The molecule has 140 valence electrons. The van der Waals surface area contributed by atoms with Crippen LogP contribution in [0.25, 0.3) is 0 Å². The summed E-state index contributed by atoms with van der Waals surface area (Å²) in [5.41, 5.74) is 0.982. The number of amides is 1. The van der Waals surface area contributed by atoms with Gasteiger partial charge in [0.05, 0.1) is 4.90 Å². The zero-order valence-corrected chi connectivity index (χ0v) is 15.6. The van der Waals surface area contributed by atoms with Crippen molar-refractivity contribution in [3.8, 4) is 0 Å². The van der Waals surface area contributed by atoms with Crippen molar-refractivity contribution in [1.29, 1.82) is 0 Å². The summed E-state index contributed by atoms with van der Waals surface area (Å²) in [6, 6.07) is 10.9. The van der Waals surface area contributed by atoms with Crippen LogP contribution in [-0.2, 0) is 16.9 Å². The van der Waals surface area contributed by atoms with Gasteiger partial charge in [0.1, 0.15) is 17.7 Å². The van der Waals surface area contributed by atoms with Gasteiger partial charge in [0, 0.05) is 31.3 Å². The molecule has 0 unspecified atom stereocenters. The van der Waals surface area contributed by atoms with Crippen LogP contribution in [0.3, 0.4) is 0 Å². The number of nitrogens with zero attached hydrogens (tertiary/aromatic N) is 2. The Balaban J connectivity index is 1.91. The van der Waals surface area contributed by atoms with E-state index in [0.29, 0.717) is 17.0 Å². The van der Waals surface area contributed by atoms with E-state index in [9.17, 15) is 17.6 Å². The highest BCUT2D eigenvalue weighted by molar-refractivity contribution is 7.90. The molecule has 0 bridgehead atoms. The summed E-state index contributed by atoms with van der Waals surface area (Å²) in [5.74, 6) is -0.185. The van der Waals surface area contributed by atoms with Crippen LogP contribution in [-0.4, -0.2) is 30.1 Å². The lowest BCUT2D eigenvalue weighted by molar-refractivity contribution is 0.0941.